The minimum absolute atomic E-state index is 0.0653. The van der Waals surface area contributed by atoms with Crippen LogP contribution in [0.2, 0.25) is 15.6 Å². The van der Waals surface area contributed by atoms with Gasteiger partial charge in [0.05, 0.1) is 11.7 Å². The summed E-state index contributed by atoms with van der Waals surface area (Å²) >= 11 is 17.0. The molecule has 90 valence electrons. The SMILES string of the molecule is CNCC(O)C(O)c1c(Cl)nc(Cl)nc1Cl. The van der Waals surface area contributed by atoms with Crippen LogP contribution in [-0.2, 0) is 0 Å². The maximum Gasteiger partial charge on any atom is 0.225 e. The molecule has 0 spiro atoms. The van der Waals surface area contributed by atoms with Gasteiger partial charge in [0, 0.05) is 6.54 Å². The predicted molar refractivity (Wildman–Crippen MR) is 62.0 cm³/mol. The lowest BCUT2D eigenvalue weighted by molar-refractivity contribution is 0.0199. The molecule has 0 aliphatic heterocycles. The molecule has 5 nitrogen and oxygen atoms in total. The van der Waals surface area contributed by atoms with E-state index in [4.69, 9.17) is 34.8 Å². The third-order valence-corrected chi connectivity index (χ3v) is 2.64. The third kappa shape index (κ3) is 3.16. The lowest BCUT2D eigenvalue weighted by atomic mass is 10.1. The molecule has 0 aliphatic rings. The van der Waals surface area contributed by atoms with Gasteiger partial charge < -0.3 is 15.5 Å². The van der Waals surface area contributed by atoms with E-state index in [0.717, 1.165) is 0 Å². The second-order valence-electron chi connectivity index (χ2n) is 3.06. The van der Waals surface area contributed by atoms with E-state index in [0.29, 0.717) is 0 Å². The summed E-state index contributed by atoms with van der Waals surface area (Å²) in [6.45, 7) is 0.177. The van der Waals surface area contributed by atoms with Crippen molar-refractivity contribution in [2.75, 3.05) is 13.6 Å². The van der Waals surface area contributed by atoms with Crippen LogP contribution in [0.3, 0.4) is 0 Å². The highest BCUT2D eigenvalue weighted by atomic mass is 35.5. The van der Waals surface area contributed by atoms with Crippen LogP contribution in [-0.4, -0.2) is 39.9 Å². The van der Waals surface area contributed by atoms with Crippen molar-refractivity contribution in [2.45, 2.75) is 12.2 Å². The van der Waals surface area contributed by atoms with E-state index in [9.17, 15) is 10.2 Å². The molecule has 0 fully saturated rings. The number of nitrogens with zero attached hydrogens (tertiary/aromatic N) is 2. The summed E-state index contributed by atoms with van der Waals surface area (Å²) in [6.07, 6.45) is -2.34. The zero-order valence-corrected chi connectivity index (χ0v) is 10.6. The normalized spacial score (nSPS) is 14.9. The summed E-state index contributed by atoms with van der Waals surface area (Å²) in [6, 6.07) is 0. The predicted octanol–water partition coefficient (Wildman–Crippen LogP) is 1.05. The van der Waals surface area contributed by atoms with Gasteiger partial charge in [-0.2, -0.15) is 0 Å². The van der Waals surface area contributed by atoms with Crippen LogP contribution in [0.1, 0.15) is 11.7 Å². The zero-order valence-electron chi connectivity index (χ0n) is 8.28. The van der Waals surface area contributed by atoms with E-state index >= 15 is 0 Å². The molecule has 0 bridgehead atoms. The van der Waals surface area contributed by atoms with E-state index in [1.165, 1.54) is 0 Å². The highest BCUT2D eigenvalue weighted by Crippen LogP contribution is 2.30. The fraction of sp³-hybridized carbons (Fsp3) is 0.500. The van der Waals surface area contributed by atoms with Crippen molar-refractivity contribution < 1.29 is 10.2 Å². The van der Waals surface area contributed by atoms with E-state index in [-0.39, 0.29) is 27.7 Å². The summed E-state index contributed by atoms with van der Waals surface area (Å²) in [5.74, 6) is 0. The molecular formula is C8H10Cl3N3O2. The summed E-state index contributed by atoms with van der Waals surface area (Å²) in [4.78, 5) is 7.28. The number of aliphatic hydroxyl groups excluding tert-OH is 2. The fourth-order valence-corrected chi connectivity index (χ4v) is 2.02. The number of aromatic nitrogens is 2. The lowest BCUT2D eigenvalue weighted by Crippen LogP contribution is -2.30. The average molecular weight is 287 g/mol. The quantitative estimate of drug-likeness (QED) is 0.570. The number of likely N-dealkylation sites (N-methyl/N-ethyl adjacent to an activating group) is 1. The standard InChI is InChI=1S/C8H10Cl3N3O2/c1-12-2-3(15)5(16)4-6(9)13-8(11)14-7(4)10/h3,5,12,15-16H,2H2,1H3. The molecule has 2 atom stereocenters. The Morgan fingerprint density at radius 2 is 1.69 bits per heavy atom. The van der Waals surface area contributed by atoms with Gasteiger partial charge in [-0.25, -0.2) is 9.97 Å². The van der Waals surface area contributed by atoms with Gasteiger partial charge in [-0.15, -0.1) is 0 Å². The molecule has 2 unspecified atom stereocenters. The first-order valence-corrected chi connectivity index (χ1v) is 5.50. The van der Waals surface area contributed by atoms with Crippen LogP contribution in [0.15, 0.2) is 0 Å². The zero-order chi connectivity index (χ0) is 12.3. The topological polar surface area (TPSA) is 78.3 Å². The number of hydrogen-bond acceptors (Lipinski definition) is 5. The second kappa shape index (κ2) is 5.95. The van der Waals surface area contributed by atoms with E-state index in [1.54, 1.807) is 7.05 Å². The van der Waals surface area contributed by atoms with Crippen molar-refractivity contribution in [3.63, 3.8) is 0 Å². The highest BCUT2D eigenvalue weighted by molar-refractivity contribution is 6.36. The molecule has 8 heteroatoms. The van der Waals surface area contributed by atoms with Gasteiger partial charge in [-0.3, -0.25) is 0 Å². The molecule has 3 N–H and O–H groups in total. The molecule has 0 radical (unpaired) electrons. The maximum atomic E-state index is 9.79. The van der Waals surface area contributed by atoms with Crippen molar-refractivity contribution >= 4 is 34.8 Å². The minimum atomic E-state index is -1.27. The second-order valence-corrected chi connectivity index (χ2v) is 4.11. The van der Waals surface area contributed by atoms with E-state index in [2.05, 4.69) is 15.3 Å². The van der Waals surface area contributed by atoms with Gasteiger partial charge in [-0.1, -0.05) is 23.2 Å². The van der Waals surface area contributed by atoms with Gasteiger partial charge in [0.2, 0.25) is 5.28 Å². The summed E-state index contributed by atoms with van der Waals surface area (Å²) in [5, 5.41) is 21.8. The number of rotatable bonds is 4. The van der Waals surface area contributed by atoms with Crippen LogP contribution in [0, 0.1) is 0 Å². The minimum Gasteiger partial charge on any atom is -0.389 e. The Morgan fingerprint density at radius 3 is 2.12 bits per heavy atom. The molecule has 1 rings (SSSR count). The van der Waals surface area contributed by atoms with Gasteiger partial charge in [0.15, 0.2) is 0 Å². The largest absolute Gasteiger partial charge is 0.389 e. The van der Waals surface area contributed by atoms with Crippen LogP contribution in [0.25, 0.3) is 0 Å². The number of hydrogen-bond donors (Lipinski definition) is 3. The number of halogens is 3. The first-order chi connectivity index (χ1) is 7.47. The van der Waals surface area contributed by atoms with Crippen molar-refractivity contribution in [2.24, 2.45) is 0 Å². The van der Waals surface area contributed by atoms with Crippen molar-refractivity contribution in [1.82, 2.24) is 15.3 Å². The average Bonchev–Trinajstić information content (AvgIpc) is 2.16. The molecule has 1 aromatic rings. The summed E-state index contributed by atoms with van der Waals surface area (Å²) in [7, 11) is 1.64. The molecule has 16 heavy (non-hydrogen) atoms. The summed E-state index contributed by atoms with van der Waals surface area (Å²) in [5.41, 5.74) is 0.0653. The Kier molecular flexibility index (Phi) is 5.17. The Morgan fingerprint density at radius 1 is 1.19 bits per heavy atom. The molecule has 0 saturated heterocycles. The molecular weight excluding hydrogens is 276 g/mol. The molecule has 0 aromatic carbocycles. The van der Waals surface area contributed by atoms with Crippen LogP contribution < -0.4 is 5.32 Å². The highest BCUT2D eigenvalue weighted by Gasteiger charge is 2.25. The van der Waals surface area contributed by atoms with Crippen molar-refractivity contribution in [3.8, 4) is 0 Å². The molecule has 1 aromatic heterocycles. The van der Waals surface area contributed by atoms with Gasteiger partial charge in [0.25, 0.3) is 0 Å². The Balaban J connectivity index is 3.03. The van der Waals surface area contributed by atoms with Crippen molar-refractivity contribution in [1.29, 1.82) is 0 Å². The van der Waals surface area contributed by atoms with Gasteiger partial charge in [-0.05, 0) is 18.6 Å². The Labute approximate surface area is 107 Å². The molecule has 0 saturated carbocycles. The van der Waals surface area contributed by atoms with Crippen LogP contribution >= 0.6 is 34.8 Å². The first kappa shape index (κ1) is 13.9. The first-order valence-electron chi connectivity index (χ1n) is 4.36. The molecule has 0 aliphatic carbocycles. The van der Waals surface area contributed by atoms with Gasteiger partial charge >= 0.3 is 0 Å². The number of nitrogens with one attached hydrogen (secondary N) is 1. The van der Waals surface area contributed by atoms with Crippen LogP contribution in [0.5, 0.6) is 0 Å². The molecule has 0 amide bonds. The molecule has 1 heterocycles. The smallest absolute Gasteiger partial charge is 0.225 e. The monoisotopic (exact) mass is 285 g/mol. The van der Waals surface area contributed by atoms with E-state index < -0.39 is 12.2 Å². The Hall–Kier alpha value is -0.170. The number of aliphatic hydroxyl groups is 2. The van der Waals surface area contributed by atoms with Crippen molar-refractivity contribution in [3.05, 3.63) is 21.2 Å². The Bertz CT molecular complexity index is 355. The lowest BCUT2D eigenvalue weighted by Gasteiger charge is -2.18. The van der Waals surface area contributed by atoms with Gasteiger partial charge in [0.1, 0.15) is 16.4 Å². The third-order valence-electron chi connectivity index (χ3n) is 1.90. The van der Waals surface area contributed by atoms with E-state index in [1.807, 2.05) is 0 Å². The maximum absolute atomic E-state index is 9.79. The summed E-state index contributed by atoms with van der Waals surface area (Å²) < 4.78 is 0. The van der Waals surface area contributed by atoms with Crippen LogP contribution in [0.4, 0.5) is 0 Å². The fourth-order valence-electron chi connectivity index (χ4n) is 1.15.